The highest BCUT2D eigenvalue weighted by atomic mass is 19.4. The lowest BCUT2D eigenvalue weighted by atomic mass is 10.0. The van der Waals surface area contributed by atoms with Gasteiger partial charge in [-0.05, 0) is 42.5 Å². The highest BCUT2D eigenvalue weighted by molar-refractivity contribution is 5.99. The molecule has 34 heavy (non-hydrogen) atoms. The van der Waals surface area contributed by atoms with Crippen LogP contribution in [0, 0.1) is 0 Å². The third kappa shape index (κ3) is 6.40. The maximum absolute atomic E-state index is 13.0. The van der Waals surface area contributed by atoms with Gasteiger partial charge in [0.15, 0.2) is 0 Å². The molecule has 1 heterocycles. The molecule has 184 valence electrons. The number of benzene rings is 2. The molecule has 0 radical (unpaired) electrons. The molecule has 2 amide bonds. The molecule has 0 bridgehead atoms. The normalized spacial score (nSPS) is 14.6. The summed E-state index contributed by atoms with van der Waals surface area (Å²) < 4.78 is 83.5. The summed E-state index contributed by atoms with van der Waals surface area (Å²) in [5.41, 5.74) is -2.69. The van der Waals surface area contributed by atoms with E-state index in [2.05, 4.69) is 10.2 Å². The number of morpholine rings is 1. The Morgan fingerprint density at radius 3 is 1.97 bits per heavy atom. The van der Waals surface area contributed by atoms with Crippen molar-refractivity contribution in [3.05, 3.63) is 59.2 Å². The minimum atomic E-state index is -5.08. The molecule has 0 saturated carbocycles. The van der Waals surface area contributed by atoms with Crippen LogP contribution in [0.4, 0.5) is 37.7 Å². The summed E-state index contributed by atoms with van der Waals surface area (Å²) in [7, 11) is 1.11. The minimum absolute atomic E-state index is 0.0654. The second-order valence-electron chi connectivity index (χ2n) is 7.65. The molecule has 2 aromatic rings. The van der Waals surface area contributed by atoms with Crippen LogP contribution in [0.2, 0.25) is 0 Å². The van der Waals surface area contributed by atoms with E-state index < -0.39 is 47.4 Å². The monoisotopic (exact) mass is 489 g/mol. The minimum Gasteiger partial charge on any atom is -0.378 e. The molecule has 2 aromatic carbocycles. The van der Waals surface area contributed by atoms with Crippen molar-refractivity contribution in [2.45, 2.75) is 12.4 Å². The van der Waals surface area contributed by atoms with Gasteiger partial charge in [0.25, 0.3) is 5.91 Å². The Balaban J connectivity index is 1.67. The van der Waals surface area contributed by atoms with Crippen molar-refractivity contribution in [3.8, 4) is 0 Å². The van der Waals surface area contributed by atoms with E-state index in [1.807, 2.05) is 0 Å². The fourth-order valence-corrected chi connectivity index (χ4v) is 3.36. The Kier molecular flexibility index (Phi) is 7.39. The summed E-state index contributed by atoms with van der Waals surface area (Å²) >= 11 is 0. The predicted molar refractivity (Wildman–Crippen MR) is 112 cm³/mol. The van der Waals surface area contributed by atoms with E-state index in [1.54, 1.807) is 24.3 Å². The van der Waals surface area contributed by atoms with Crippen molar-refractivity contribution >= 4 is 23.2 Å². The number of amides is 2. The van der Waals surface area contributed by atoms with Crippen LogP contribution in [-0.4, -0.2) is 56.6 Å². The van der Waals surface area contributed by atoms with Crippen LogP contribution in [0.15, 0.2) is 42.5 Å². The second-order valence-corrected chi connectivity index (χ2v) is 7.65. The van der Waals surface area contributed by atoms with Gasteiger partial charge in [-0.2, -0.15) is 26.3 Å². The number of nitrogens with zero attached hydrogens (tertiary/aromatic N) is 2. The first-order valence-corrected chi connectivity index (χ1v) is 10.1. The fourth-order valence-electron chi connectivity index (χ4n) is 3.36. The van der Waals surface area contributed by atoms with Gasteiger partial charge in [0.1, 0.15) is 0 Å². The molecule has 0 atom stereocenters. The summed E-state index contributed by atoms with van der Waals surface area (Å²) in [4.78, 5) is 27.7. The lowest BCUT2D eigenvalue weighted by Gasteiger charge is -2.28. The molecular weight excluding hydrogens is 468 g/mol. The standard InChI is InChI=1S/C22H21F6N3O3/c1-30(20(33)14-10-15(21(23,24)25)12-16(11-14)22(26,27)28)13-19(32)29-17-2-4-18(5-3-17)31-6-8-34-9-7-31/h2-5,10-12H,6-9,13H2,1H3,(H,29,32). The highest BCUT2D eigenvalue weighted by Crippen LogP contribution is 2.36. The molecule has 0 unspecified atom stereocenters. The zero-order valence-electron chi connectivity index (χ0n) is 18.0. The van der Waals surface area contributed by atoms with E-state index in [9.17, 15) is 35.9 Å². The Bertz CT molecular complexity index is 999. The zero-order valence-corrected chi connectivity index (χ0v) is 18.0. The lowest BCUT2D eigenvalue weighted by molar-refractivity contribution is -0.143. The smallest absolute Gasteiger partial charge is 0.378 e. The van der Waals surface area contributed by atoms with E-state index in [1.165, 1.54) is 0 Å². The zero-order chi connectivity index (χ0) is 25.1. The third-order valence-corrected chi connectivity index (χ3v) is 5.09. The number of anilines is 2. The highest BCUT2D eigenvalue weighted by Gasteiger charge is 2.37. The quantitative estimate of drug-likeness (QED) is 0.638. The number of carbonyl (C=O) groups excluding carboxylic acids is 2. The van der Waals surface area contributed by atoms with E-state index in [-0.39, 0.29) is 6.07 Å². The van der Waals surface area contributed by atoms with E-state index in [0.717, 1.165) is 30.7 Å². The van der Waals surface area contributed by atoms with Gasteiger partial charge in [0.2, 0.25) is 5.91 Å². The molecule has 12 heteroatoms. The molecule has 1 saturated heterocycles. The van der Waals surface area contributed by atoms with Crippen LogP contribution in [0.5, 0.6) is 0 Å². The summed E-state index contributed by atoms with van der Waals surface area (Å²) in [6.07, 6.45) is -10.2. The SMILES string of the molecule is CN(CC(=O)Nc1ccc(N2CCOCC2)cc1)C(=O)c1cc(C(F)(F)F)cc(C(F)(F)F)c1. The first-order valence-electron chi connectivity index (χ1n) is 10.1. The molecule has 1 aliphatic heterocycles. The molecule has 6 nitrogen and oxygen atoms in total. The summed E-state index contributed by atoms with van der Waals surface area (Å²) in [6, 6.07) is 7.46. The molecule has 3 rings (SSSR count). The molecule has 0 spiro atoms. The van der Waals surface area contributed by atoms with E-state index >= 15 is 0 Å². The van der Waals surface area contributed by atoms with Crippen molar-refractivity contribution in [1.82, 2.24) is 4.90 Å². The molecule has 0 aromatic heterocycles. The number of rotatable bonds is 5. The van der Waals surface area contributed by atoms with Gasteiger partial charge in [-0.1, -0.05) is 0 Å². The molecule has 1 fully saturated rings. The van der Waals surface area contributed by atoms with Crippen LogP contribution >= 0.6 is 0 Å². The Labute approximate surface area is 191 Å². The van der Waals surface area contributed by atoms with Gasteiger partial charge >= 0.3 is 12.4 Å². The van der Waals surface area contributed by atoms with Crippen molar-refractivity contribution in [1.29, 1.82) is 0 Å². The predicted octanol–water partition coefficient (Wildman–Crippen LogP) is 4.27. The van der Waals surface area contributed by atoms with Crippen LogP contribution in [0.25, 0.3) is 0 Å². The van der Waals surface area contributed by atoms with Gasteiger partial charge in [-0.15, -0.1) is 0 Å². The first kappa shape index (κ1) is 25.3. The average molecular weight is 489 g/mol. The van der Waals surface area contributed by atoms with E-state index in [0.29, 0.717) is 31.0 Å². The Morgan fingerprint density at radius 2 is 1.47 bits per heavy atom. The Hall–Kier alpha value is -3.28. The van der Waals surface area contributed by atoms with Gasteiger partial charge < -0.3 is 19.9 Å². The number of alkyl halides is 6. The van der Waals surface area contributed by atoms with Gasteiger partial charge in [-0.3, -0.25) is 9.59 Å². The number of nitrogens with one attached hydrogen (secondary N) is 1. The topological polar surface area (TPSA) is 61.9 Å². The maximum atomic E-state index is 13.0. The fraction of sp³-hybridized carbons (Fsp3) is 0.364. The van der Waals surface area contributed by atoms with Gasteiger partial charge in [0.05, 0.1) is 30.9 Å². The average Bonchev–Trinajstić information content (AvgIpc) is 2.78. The number of ether oxygens (including phenoxy) is 1. The molecular formula is C22H21F6N3O3. The number of halogens is 6. The number of likely N-dealkylation sites (N-methyl/N-ethyl adjacent to an activating group) is 1. The molecule has 1 aliphatic rings. The van der Waals surface area contributed by atoms with Gasteiger partial charge in [-0.25, -0.2) is 0 Å². The van der Waals surface area contributed by atoms with Gasteiger partial charge in [0, 0.05) is 37.1 Å². The number of carbonyl (C=O) groups is 2. The number of hydrogen-bond acceptors (Lipinski definition) is 4. The summed E-state index contributed by atoms with van der Waals surface area (Å²) in [6.45, 7) is 2.08. The molecule has 0 aliphatic carbocycles. The van der Waals surface area contributed by atoms with Crippen molar-refractivity contribution in [3.63, 3.8) is 0 Å². The van der Waals surface area contributed by atoms with Crippen LogP contribution < -0.4 is 10.2 Å². The summed E-state index contributed by atoms with van der Waals surface area (Å²) in [5.74, 6) is -1.83. The third-order valence-electron chi connectivity index (χ3n) is 5.09. The van der Waals surface area contributed by atoms with Crippen molar-refractivity contribution < 1.29 is 40.7 Å². The van der Waals surface area contributed by atoms with Crippen LogP contribution in [-0.2, 0) is 21.9 Å². The van der Waals surface area contributed by atoms with Crippen molar-refractivity contribution in [2.75, 3.05) is 50.1 Å². The number of hydrogen-bond donors (Lipinski definition) is 1. The Morgan fingerprint density at radius 1 is 0.941 bits per heavy atom. The van der Waals surface area contributed by atoms with E-state index in [4.69, 9.17) is 4.74 Å². The first-order chi connectivity index (χ1) is 15.8. The molecule has 1 N–H and O–H groups in total. The van der Waals surface area contributed by atoms with Crippen LogP contribution in [0.1, 0.15) is 21.5 Å². The lowest BCUT2D eigenvalue weighted by Crippen LogP contribution is -2.36. The van der Waals surface area contributed by atoms with Crippen LogP contribution in [0.3, 0.4) is 0 Å². The second kappa shape index (κ2) is 9.92. The maximum Gasteiger partial charge on any atom is 0.416 e. The van der Waals surface area contributed by atoms with Crippen molar-refractivity contribution in [2.24, 2.45) is 0 Å². The summed E-state index contributed by atoms with van der Waals surface area (Å²) in [5, 5.41) is 2.54. The largest absolute Gasteiger partial charge is 0.416 e.